The van der Waals surface area contributed by atoms with Crippen LogP contribution >= 0.6 is 11.3 Å². The van der Waals surface area contributed by atoms with Gasteiger partial charge in [0.05, 0.1) is 18.4 Å². The molecule has 0 saturated carbocycles. The normalized spacial score (nSPS) is 10.5. The lowest BCUT2D eigenvalue weighted by Crippen LogP contribution is -2.04. The van der Waals surface area contributed by atoms with Gasteiger partial charge in [0.15, 0.2) is 5.13 Å². The third-order valence-corrected chi connectivity index (χ3v) is 3.41. The molecular weight excluding hydrogens is 264 g/mol. The fourth-order valence-electron chi connectivity index (χ4n) is 1.66. The van der Waals surface area contributed by atoms with Crippen molar-refractivity contribution < 1.29 is 9.90 Å². The van der Waals surface area contributed by atoms with Crippen molar-refractivity contribution in [3.8, 4) is 0 Å². The van der Waals surface area contributed by atoms with E-state index >= 15 is 0 Å². The quantitative estimate of drug-likeness (QED) is 0.721. The molecule has 0 saturated heterocycles. The fourth-order valence-corrected chi connectivity index (χ4v) is 2.40. The molecule has 0 aliphatic rings. The predicted octanol–water partition coefficient (Wildman–Crippen LogP) is 1.86. The lowest BCUT2D eigenvalue weighted by atomic mass is 10.3. The molecule has 2 aromatic rings. The van der Waals surface area contributed by atoms with Crippen LogP contribution in [0.4, 0.5) is 5.13 Å². The zero-order valence-electron chi connectivity index (χ0n) is 10.5. The second-order valence-electron chi connectivity index (χ2n) is 4.15. The number of anilines is 1. The number of rotatable bonds is 8. The Morgan fingerprint density at radius 3 is 3.11 bits per heavy atom. The van der Waals surface area contributed by atoms with Gasteiger partial charge in [0.1, 0.15) is 0 Å². The van der Waals surface area contributed by atoms with Gasteiger partial charge >= 0.3 is 5.97 Å². The van der Waals surface area contributed by atoms with Crippen molar-refractivity contribution in [3.63, 3.8) is 0 Å². The number of carbonyl (C=O) groups is 1. The Hall–Kier alpha value is -1.89. The van der Waals surface area contributed by atoms with Crippen LogP contribution in [0.5, 0.6) is 0 Å². The Morgan fingerprint density at radius 1 is 1.47 bits per heavy atom. The summed E-state index contributed by atoms with van der Waals surface area (Å²) in [6.45, 7) is 1.80. The van der Waals surface area contributed by atoms with Crippen molar-refractivity contribution in [2.75, 3.05) is 11.9 Å². The summed E-state index contributed by atoms with van der Waals surface area (Å²) < 4.78 is 2.05. The first-order chi connectivity index (χ1) is 9.24. The number of hydrogen-bond donors (Lipinski definition) is 2. The van der Waals surface area contributed by atoms with Gasteiger partial charge in [-0.1, -0.05) is 0 Å². The molecule has 2 heterocycles. The van der Waals surface area contributed by atoms with Crippen molar-refractivity contribution in [3.05, 3.63) is 29.8 Å². The molecule has 2 aromatic heterocycles. The zero-order valence-corrected chi connectivity index (χ0v) is 11.3. The molecule has 19 heavy (non-hydrogen) atoms. The molecule has 0 aromatic carbocycles. The van der Waals surface area contributed by atoms with E-state index < -0.39 is 5.97 Å². The second kappa shape index (κ2) is 6.89. The Morgan fingerprint density at radius 2 is 2.37 bits per heavy atom. The maximum atomic E-state index is 10.5. The molecule has 2 rings (SSSR count). The third-order valence-electron chi connectivity index (χ3n) is 2.56. The molecule has 2 N–H and O–H groups in total. The number of nitrogens with zero attached hydrogens (tertiary/aromatic N) is 3. The van der Waals surface area contributed by atoms with Crippen molar-refractivity contribution in [2.45, 2.75) is 25.8 Å². The minimum Gasteiger partial charge on any atom is -0.481 e. The molecule has 0 amide bonds. The largest absolute Gasteiger partial charge is 0.481 e. The van der Waals surface area contributed by atoms with E-state index in [0.29, 0.717) is 5.69 Å². The average molecular weight is 280 g/mol. The highest BCUT2D eigenvalue weighted by atomic mass is 32.1. The molecule has 0 aliphatic heterocycles. The van der Waals surface area contributed by atoms with E-state index in [1.165, 1.54) is 11.3 Å². The summed E-state index contributed by atoms with van der Waals surface area (Å²) >= 11 is 1.45. The Kier molecular flexibility index (Phi) is 4.91. The summed E-state index contributed by atoms with van der Waals surface area (Å²) in [5.74, 6) is -0.850. The van der Waals surface area contributed by atoms with Crippen LogP contribution in [0.1, 0.15) is 18.5 Å². The average Bonchev–Trinajstić information content (AvgIpc) is 3.00. The van der Waals surface area contributed by atoms with E-state index in [-0.39, 0.29) is 6.42 Å². The summed E-state index contributed by atoms with van der Waals surface area (Å²) in [6.07, 6.45) is 7.62. The number of nitrogens with one attached hydrogen (secondary N) is 1. The van der Waals surface area contributed by atoms with Gasteiger partial charge in [-0.05, 0) is 12.8 Å². The van der Waals surface area contributed by atoms with Crippen molar-refractivity contribution in [1.82, 2.24) is 14.5 Å². The molecule has 0 bridgehead atoms. The number of thiazole rings is 1. The highest BCUT2D eigenvalue weighted by Crippen LogP contribution is 2.15. The summed E-state index contributed by atoms with van der Waals surface area (Å²) in [5.41, 5.74) is 0.610. The molecule has 0 aliphatic carbocycles. The highest BCUT2D eigenvalue weighted by Gasteiger charge is 2.05. The van der Waals surface area contributed by atoms with Crippen molar-refractivity contribution >= 4 is 22.4 Å². The number of unbranched alkanes of at least 4 members (excludes halogenated alkanes) is 1. The number of aliphatic carboxylic acids is 1. The highest BCUT2D eigenvalue weighted by molar-refractivity contribution is 7.13. The van der Waals surface area contributed by atoms with E-state index in [1.54, 1.807) is 11.6 Å². The lowest BCUT2D eigenvalue weighted by molar-refractivity contribution is -0.136. The van der Waals surface area contributed by atoms with Crippen molar-refractivity contribution in [1.29, 1.82) is 0 Å². The van der Waals surface area contributed by atoms with Crippen LogP contribution in [0.25, 0.3) is 0 Å². The summed E-state index contributed by atoms with van der Waals surface area (Å²) in [6, 6.07) is 0. The van der Waals surface area contributed by atoms with Crippen molar-refractivity contribution in [2.24, 2.45) is 0 Å². The van der Waals surface area contributed by atoms with Gasteiger partial charge in [0.25, 0.3) is 0 Å². The molecule has 0 spiro atoms. The van der Waals surface area contributed by atoms with Crippen LogP contribution in [-0.2, 0) is 17.8 Å². The molecule has 0 unspecified atom stereocenters. The number of carboxylic acid groups (broad SMARTS) is 1. The topological polar surface area (TPSA) is 80.0 Å². The third kappa shape index (κ3) is 4.70. The maximum Gasteiger partial charge on any atom is 0.309 e. The Bertz CT molecular complexity index is 510. The molecular formula is C12H16N4O2S. The minimum atomic E-state index is -0.850. The zero-order chi connectivity index (χ0) is 13.5. The molecule has 102 valence electrons. The Labute approximate surface area is 115 Å². The monoisotopic (exact) mass is 280 g/mol. The van der Waals surface area contributed by atoms with Crippen LogP contribution in [-0.4, -0.2) is 32.2 Å². The number of hydrogen-bond acceptors (Lipinski definition) is 5. The number of aryl methyl sites for hydroxylation is 1. The summed E-state index contributed by atoms with van der Waals surface area (Å²) in [7, 11) is 0. The van der Waals surface area contributed by atoms with E-state index in [4.69, 9.17) is 5.11 Å². The molecule has 0 radical (unpaired) electrons. The number of imidazole rings is 1. The number of aromatic nitrogens is 3. The van der Waals surface area contributed by atoms with E-state index in [9.17, 15) is 4.79 Å². The summed E-state index contributed by atoms with van der Waals surface area (Å²) in [5, 5.41) is 14.4. The van der Waals surface area contributed by atoms with Gasteiger partial charge < -0.3 is 15.0 Å². The lowest BCUT2D eigenvalue weighted by Gasteiger charge is -2.03. The standard InChI is InChI=1S/C12H16N4O2S/c17-11(18)7-10-8-19-12(15-10)14-3-1-2-5-16-6-4-13-9-16/h4,6,8-9H,1-3,5,7H2,(H,14,15)(H,17,18). The van der Waals surface area contributed by atoms with Crippen LogP contribution in [0.2, 0.25) is 0 Å². The predicted molar refractivity (Wildman–Crippen MR) is 73.4 cm³/mol. The fraction of sp³-hybridized carbons (Fsp3) is 0.417. The molecule has 6 nitrogen and oxygen atoms in total. The van der Waals surface area contributed by atoms with Gasteiger partial charge in [-0.3, -0.25) is 4.79 Å². The van der Waals surface area contributed by atoms with Crippen LogP contribution in [0.3, 0.4) is 0 Å². The van der Waals surface area contributed by atoms with E-state index in [2.05, 4.69) is 15.3 Å². The maximum absolute atomic E-state index is 10.5. The Balaban J connectivity index is 1.62. The van der Waals surface area contributed by atoms with Gasteiger partial charge in [-0.25, -0.2) is 9.97 Å². The van der Waals surface area contributed by atoms with Crippen LogP contribution in [0.15, 0.2) is 24.1 Å². The SMILES string of the molecule is O=C(O)Cc1csc(NCCCCn2ccnc2)n1. The van der Waals surface area contributed by atoms with E-state index in [0.717, 1.165) is 31.1 Å². The number of carboxylic acids is 1. The second-order valence-corrected chi connectivity index (χ2v) is 5.01. The molecule has 0 atom stereocenters. The van der Waals surface area contributed by atoms with Gasteiger partial charge in [-0.2, -0.15) is 0 Å². The van der Waals surface area contributed by atoms with Gasteiger partial charge in [0.2, 0.25) is 0 Å². The molecule has 0 fully saturated rings. The first-order valence-electron chi connectivity index (χ1n) is 6.10. The minimum absolute atomic E-state index is 0.0151. The molecule has 7 heteroatoms. The van der Waals surface area contributed by atoms with E-state index in [1.807, 2.05) is 17.1 Å². The summed E-state index contributed by atoms with van der Waals surface area (Å²) in [4.78, 5) is 18.7. The van der Waals surface area contributed by atoms with Crippen LogP contribution < -0.4 is 5.32 Å². The first kappa shape index (κ1) is 13.5. The van der Waals surface area contributed by atoms with Crippen LogP contribution in [0, 0.1) is 0 Å². The smallest absolute Gasteiger partial charge is 0.309 e. The van der Waals surface area contributed by atoms with Gasteiger partial charge in [-0.15, -0.1) is 11.3 Å². The van der Waals surface area contributed by atoms with Gasteiger partial charge in [0, 0.05) is 30.9 Å². The first-order valence-corrected chi connectivity index (χ1v) is 6.98.